The van der Waals surface area contributed by atoms with Crippen LogP contribution in [-0.4, -0.2) is 17.4 Å². The molecule has 3 rings (SSSR count). The Kier molecular flexibility index (Phi) is 2.96. The molecule has 0 saturated heterocycles. The highest BCUT2D eigenvalue weighted by atomic mass is 32.1. The molecule has 0 aromatic carbocycles. The van der Waals surface area contributed by atoms with E-state index in [2.05, 4.69) is 18.4 Å². The Bertz CT molecular complexity index is 544. The van der Waals surface area contributed by atoms with Gasteiger partial charge in [0.05, 0.1) is 12.3 Å². The van der Waals surface area contributed by atoms with Crippen LogP contribution >= 0.6 is 11.3 Å². The van der Waals surface area contributed by atoms with Gasteiger partial charge in [-0.2, -0.15) is 0 Å². The summed E-state index contributed by atoms with van der Waals surface area (Å²) >= 11 is 1.79. The van der Waals surface area contributed by atoms with Crippen molar-refractivity contribution in [3.63, 3.8) is 0 Å². The van der Waals surface area contributed by atoms with Gasteiger partial charge in [0.15, 0.2) is 5.76 Å². The first-order chi connectivity index (χ1) is 8.81. The van der Waals surface area contributed by atoms with Crippen molar-refractivity contribution >= 4 is 17.2 Å². The quantitative estimate of drug-likeness (QED) is 0.829. The second kappa shape index (κ2) is 4.61. The van der Waals surface area contributed by atoms with Crippen LogP contribution in [0.25, 0.3) is 0 Å². The van der Waals surface area contributed by atoms with E-state index in [1.165, 1.54) is 10.4 Å². The zero-order valence-corrected chi connectivity index (χ0v) is 11.1. The summed E-state index contributed by atoms with van der Waals surface area (Å²) in [5, 5.41) is 2.12. The van der Waals surface area contributed by atoms with E-state index in [4.69, 9.17) is 4.42 Å². The molecule has 1 aliphatic rings. The van der Waals surface area contributed by atoms with Gasteiger partial charge in [-0.3, -0.25) is 4.79 Å². The Balaban J connectivity index is 1.92. The molecule has 0 spiro atoms. The molecule has 1 aliphatic heterocycles. The van der Waals surface area contributed by atoms with Gasteiger partial charge < -0.3 is 9.32 Å². The van der Waals surface area contributed by atoms with Crippen LogP contribution in [0.1, 0.15) is 40.4 Å². The van der Waals surface area contributed by atoms with Crippen LogP contribution in [0, 0.1) is 0 Å². The van der Waals surface area contributed by atoms with Gasteiger partial charge in [-0.25, -0.2) is 0 Å². The number of amides is 1. The number of thiophene rings is 1. The summed E-state index contributed by atoms with van der Waals surface area (Å²) in [5.74, 6) is 0.441. The van der Waals surface area contributed by atoms with E-state index < -0.39 is 0 Å². The average molecular weight is 261 g/mol. The number of carbonyl (C=O) groups is 1. The monoisotopic (exact) mass is 261 g/mol. The molecule has 0 N–H and O–H groups in total. The molecule has 3 heterocycles. The molecule has 1 atom stereocenters. The van der Waals surface area contributed by atoms with E-state index in [0.717, 1.165) is 19.4 Å². The Morgan fingerprint density at radius 2 is 2.44 bits per heavy atom. The third-order valence-corrected chi connectivity index (χ3v) is 4.47. The minimum atomic E-state index is 0.00343. The van der Waals surface area contributed by atoms with Gasteiger partial charge in [0.2, 0.25) is 0 Å². The van der Waals surface area contributed by atoms with Gasteiger partial charge in [0, 0.05) is 11.4 Å². The van der Waals surface area contributed by atoms with E-state index in [1.807, 2.05) is 4.90 Å². The standard InChI is InChI=1S/C14H15NO2S/c1-2-11-10-6-9-18-13(10)5-7-15(11)14(16)12-4-3-8-17-12/h3-4,6,8-9,11H,2,5,7H2,1H3/t11-/m1/s1. The molecule has 0 bridgehead atoms. The lowest BCUT2D eigenvalue weighted by molar-refractivity contribution is 0.0624. The fourth-order valence-electron chi connectivity index (χ4n) is 2.62. The highest BCUT2D eigenvalue weighted by molar-refractivity contribution is 7.10. The maximum atomic E-state index is 12.4. The normalized spacial score (nSPS) is 18.7. The zero-order valence-electron chi connectivity index (χ0n) is 10.3. The average Bonchev–Trinajstić information content (AvgIpc) is 3.06. The summed E-state index contributed by atoms with van der Waals surface area (Å²) in [6.45, 7) is 2.91. The second-order valence-electron chi connectivity index (χ2n) is 4.45. The van der Waals surface area contributed by atoms with Crippen LogP contribution in [0.2, 0.25) is 0 Å². The van der Waals surface area contributed by atoms with Crippen LogP contribution < -0.4 is 0 Å². The molecule has 0 aliphatic carbocycles. The maximum Gasteiger partial charge on any atom is 0.290 e. The molecule has 0 radical (unpaired) electrons. The van der Waals surface area contributed by atoms with Gasteiger partial charge in [0.25, 0.3) is 5.91 Å². The third-order valence-electron chi connectivity index (χ3n) is 3.47. The molecule has 0 unspecified atom stereocenters. The number of furan rings is 1. The highest BCUT2D eigenvalue weighted by Gasteiger charge is 2.31. The zero-order chi connectivity index (χ0) is 12.5. The number of carbonyl (C=O) groups excluding carboxylic acids is 1. The molecule has 94 valence electrons. The fourth-order valence-corrected chi connectivity index (χ4v) is 3.55. The van der Waals surface area contributed by atoms with Crippen LogP contribution in [0.5, 0.6) is 0 Å². The van der Waals surface area contributed by atoms with Crippen molar-refractivity contribution in [1.82, 2.24) is 4.90 Å². The molecule has 2 aromatic heterocycles. The predicted molar refractivity (Wildman–Crippen MR) is 70.8 cm³/mol. The number of hydrogen-bond donors (Lipinski definition) is 0. The summed E-state index contributed by atoms with van der Waals surface area (Å²) in [4.78, 5) is 15.8. The van der Waals surface area contributed by atoms with E-state index in [-0.39, 0.29) is 11.9 Å². The smallest absolute Gasteiger partial charge is 0.290 e. The minimum Gasteiger partial charge on any atom is -0.459 e. The molecule has 4 heteroatoms. The molecule has 18 heavy (non-hydrogen) atoms. The van der Waals surface area contributed by atoms with Gasteiger partial charge >= 0.3 is 0 Å². The lowest BCUT2D eigenvalue weighted by atomic mass is 9.97. The van der Waals surface area contributed by atoms with E-state index >= 15 is 0 Å². The summed E-state index contributed by atoms with van der Waals surface area (Å²) < 4.78 is 5.22. The van der Waals surface area contributed by atoms with E-state index in [1.54, 1.807) is 29.7 Å². The second-order valence-corrected chi connectivity index (χ2v) is 5.45. The van der Waals surface area contributed by atoms with Crippen molar-refractivity contribution in [2.24, 2.45) is 0 Å². The Morgan fingerprint density at radius 3 is 3.17 bits per heavy atom. The molecular weight excluding hydrogens is 246 g/mol. The molecule has 1 amide bonds. The molecule has 3 nitrogen and oxygen atoms in total. The lowest BCUT2D eigenvalue weighted by Gasteiger charge is -2.34. The maximum absolute atomic E-state index is 12.4. The summed E-state index contributed by atoms with van der Waals surface area (Å²) in [7, 11) is 0. The summed E-state index contributed by atoms with van der Waals surface area (Å²) in [6.07, 6.45) is 3.44. The first-order valence-electron chi connectivity index (χ1n) is 6.22. The van der Waals surface area contributed by atoms with Crippen molar-refractivity contribution in [2.45, 2.75) is 25.8 Å². The SMILES string of the molecule is CC[C@@H]1c2ccsc2CCN1C(=O)c1ccco1. The Labute approximate surface area is 110 Å². The van der Waals surface area contributed by atoms with Gasteiger partial charge in [-0.15, -0.1) is 11.3 Å². The van der Waals surface area contributed by atoms with Crippen molar-refractivity contribution in [2.75, 3.05) is 6.54 Å². The molecular formula is C14H15NO2S. The van der Waals surface area contributed by atoms with Crippen LogP contribution in [0.15, 0.2) is 34.3 Å². The van der Waals surface area contributed by atoms with Crippen LogP contribution in [0.4, 0.5) is 0 Å². The minimum absolute atomic E-state index is 0.00343. The predicted octanol–water partition coefficient (Wildman–Crippen LogP) is 3.49. The molecule has 0 fully saturated rings. The van der Waals surface area contributed by atoms with Crippen molar-refractivity contribution in [3.05, 3.63) is 46.0 Å². The van der Waals surface area contributed by atoms with Gasteiger partial charge in [-0.1, -0.05) is 6.92 Å². The lowest BCUT2D eigenvalue weighted by Crippen LogP contribution is -2.39. The van der Waals surface area contributed by atoms with Crippen molar-refractivity contribution in [3.8, 4) is 0 Å². The van der Waals surface area contributed by atoms with Gasteiger partial charge in [0.1, 0.15) is 0 Å². The fraction of sp³-hybridized carbons (Fsp3) is 0.357. The van der Waals surface area contributed by atoms with Crippen LogP contribution in [0.3, 0.4) is 0 Å². The third kappa shape index (κ3) is 1.77. The first kappa shape index (κ1) is 11.5. The van der Waals surface area contributed by atoms with Gasteiger partial charge in [-0.05, 0) is 42.0 Å². The Morgan fingerprint density at radius 1 is 1.56 bits per heavy atom. The summed E-state index contributed by atoms with van der Waals surface area (Å²) in [5.41, 5.74) is 1.31. The Hall–Kier alpha value is -1.55. The number of fused-ring (bicyclic) bond motifs is 1. The molecule has 2 aromatic rings. The first-order valence-corrected chi connectivity index (χ1v) is 7.10. The topological polar surface area (TPSA) is 33.5 Å². The van der Waals surface area contributed by atoms with E-state index in [9.17, 15) is 4.79 Å². The summed E-state index contributed by atoms with van der Waals surface area (Å²) in [6, 6.07) is 5.83. The number of nitrogens with zero attached hydrogens (tertiary/aromatic N) is 1. The number of rotatable bonds is 2. The van der Waals surface area contributed by atoms with Crippen molar-refractivity contribution in [1.29, 1.82) is 0 Å². The van der Waals surface area contributed by atoms with E-state index in [0.29, 0.717) is 5.76 Å². The van der Waals surface area contributed by atoms with Crippen LogP contribution in [-0.2, 0) is 6.42 Å². The van der Waals surface area contributed by atoms with Crippen molar-refractivity contribution < 1.29 is 9.21 Å². The number of hydrogen-bond acceptors (Lipinski definition) is 3. The largest absolute Gasteiger partial charge is 0.459 e. The highest BCUT2D eigenvalue weighted by Crippen LogP contribution is 2.35. The molecule has 0 saturated carbocycles.